The predicted octanol–water partition coefficient (Wildman–Crippen LogP) is 4.51. The molecule has 12 heteroatoms. The van der Waals surface area contributed by atoms with Crippen molar-refractivity contribution in [1.29, 1.82) is 0 Å². The molecule has 12 nitrogen and oxygen atoms in total. The van der Waals surface area contributed by atoms with E-state index in [1.165, 1.54) is 50.6 Å². The van der Waals surface area contributed by atoms with Crippen molar-refractivity contribution in [3.8, 4) is 0 Å². The van der Waals surface area contributed by atoms with Gasteiger partial charge in [-0.25, -0.2) is 14.4 Å². The second-order valence-corrected chi connectivity index (χ2v) is 13.1. The Kier molecular flexibility index (Phi) is 7.63. The summed E-state index contributed by atoms with van der Waals surface area (Å²) in [5.41, 5.74) is -6.28. The number of rotatable bonds is 7. The van der Waals surface area contributed by atoms with Crippen molar-refractivity contribution < 1.29 is 56.8 Å². The van der Waals surface area contributed by atoms with Crippen molar-refractivity contribution in [2.24, 2.45) is 11.3 Å². The molecule has 3 aliphatic rings. The molecule has 0 radical (unpaired) electrons. The molecule has 3 aromatic rings. The minimum atomic E-state index is -1.92. The zero-order chi connectivity index (χ0) is 33.1. The molecule has 3 fully saturated rings. The third-order valence-electron chi connectivity index (χ3n) is 9.84. The Labute approximate surface area is 264 Å². The fraction of sp³-hybridized carbons (Fsp3) is 0.471. The van der Waals surface area contributed by atoms with Gasteiger partial charge in [0.05, 0.1) is 34.7 Å². The number of hydrogen-bond donors (Lipinski definition) is 1. The van der Waals surface area contributed by atoms with Gasteiger partial charge in [-0.15, -0.1) is 0 Å². The monoisotopic (exact) mass is 636 g/mol. The molecule has 1 spiro atoms. The largest absolute Gasteiger partial charge is 0.458 e. The van der Waals surface area contributed by atoms with Crippen LogP contribution in [-0.2, 0) is 28.5 Å². The number of carbonyl (C=O) groups excluding carboxylic acids is 4. The molecule has 1 N–H and O–H groups in total. The number of fused-ring (bicyclic) bond motifs is 1. The summed E-state index contributed by atoms with van der Waals surface area (Å²) >= 11 is 0. The lowest BCUT2D eigenvalue weighted by Gasteiger charge is -2.65. The second-order valence-electron chi connectivity index (χ2n) is 13.1. The van der Waals surface area contributed by atoms with Gasteiger partial charge in [-0.3, -0.25) is 4.79 Å². The maximum atomic E-state index is 13.4. The average molecular weight is 637 g/mol. The van der Waals surface area contributed by atoms with Gasteiger partial charge < -0.3 is 37.6 Å². The molecule has 8 atom stereocenters. The molecule has 2 unspecified atom stereocenters. The molecule has 6 rings (SSSR count). The van der Waals surface area contributed by atoms with Gasteiger partial charge in [-0.1, -0.05) is 18.2 Å². The number of carbonyl (C=O) groups is 4. The van der Waals surface area contributed by atoms with E-state index in [0.29, 0.717) is 0 Å². The van der Waals surface area contributed by atoms with Gasteiger partial charge >= 0.3 is 23.9 Å². The summed E-state index contributed by atoms with van der Waals surface area (Å²) in [6, 6.07) is 14.2. The van der Waals surface area contributed by atoms with E-state index in [9.17, 15) is 24.3 Å². The highest BCUT2D eigenvalue weighted by atomic mass is 16.6. The maximum absolute atomic E-state index is 13.4. The van der Waals surface area contributed by atoms with Gasteiger partial charge in [0, 0.05) is 19.3 Å². The van der Waals surface area contributed by atoms with E-state index < -0.39 is 76.4 Å². The summed E-state index contributed by atoms with van der Waals surface area (Å²) < 4.78 is 41.7. The molecule has 244 valence electrons. The van der Waals surface area contributed by atoms with E-state index in [-0.39, 0.29) is 29.9 Å². The summed E-state index contributed by atoms with van der Waals surface area (Å²) in [7, 11) is 0. The molecule has 46 heavy (non-hydrogen) atoms. The first-order valence-corrected chi connectivity index (χ1v) is 15.1. The minimum absolute atomic E-state index is 0.0565. The maximum Gasteiger partial charge on any atom is 0.374 e. The van der Waals surface area contributed by atoms with Gasteiger partial charge in [-0.05, 0) is 70.5 Å². The second kappa shape index (κ2) is 11.1. The standard InChI is InChI=1S/C34H36O12/c1-19(35)42-27-24(43-28(36)20-11-7-6-8-12-20)18-32(4,39)34-26(45-30(38)23-14-10-16-41-23)21(31(2,3)46-34)17-25(33(27,34)5)44-29(37)22-13-9-15-40-22/h6-16,21,24-27,39H,17-18H2,1-5H3/t21?,24-,25-,26+,27-,32-,33+,34?/m0/s1. The van der Waals surface area contributed by atoms with Crippen molar-refractivity contribution in [3.63, 3.8) is 0 Å². The molecular weight excluding hydrogens is 600 g/mol. The average Bonchev–Trinajstić information content (AvgIpc) is 3.76. The van der Waals surface area contributed by atoms with Crippen LogP contribution in [0.4, 0.5) is 0 Å². The van der Waals surface area contributed by atoms with Crippen LogP contribution in [0.3, 0.4) is 0 Å². The van der Waals surface area contributed by atoms with Crippen LogP contribution in [0.5, 0.6) is 0 Å². The van der Waals surface area contributed by atoms with E-state index in [1.54, 1.807) is 51.1 Å². The molecule has 1 aromatic carbocycles. The lowest BCUT2D eigenvalue weighted by molar-refractivity contribution is -0.342. The lowest BCUT2D eigenvalue weighted by Crippen LogP contribution is -2.81. The molecule has 1 aliphatic heterocycles. The van der Waals surface area contributed by atoms with Crippen LogP contribution in [0.1, 0.15) is 78.9 Å². The molecule has 2 saturated carbocycles. The highest BCUT2D eigenvalue weighted by Crippen LogP contribution is 2.69. The fourth-order valence-electron chi connectivity index (χ4n) is 7.91. The molecule has 3 heterocycles. The summed E-state index contributed by atoms with van der Waals surface area (Å²) in [6.45, 7) is 7.89. The first-order valence-electron chi connectivity index (χ1n) is 15.1. The van der Waals surface area contributed by atoms with Gasteiger partial charge in [0.25, 0.3) is 0 Å². The Bertz CT molecular complexity index is 1610. The quantitative estimate of drug-likeness (QED) is 0.286. The predicted molar refractivity (Wildman–Crippen MR) is 156 cm³/mol. The van der Waals surface area contributed by atoms with E-state index in [4.69, 9.17) is 32.5 Å². The fourth-order valence-corrected chi connectivity index (χ4v) is 7.91. The van der Waals surface area contributed by atoms with Crippen molar-refractivity contribution >= 4 is 23.9 Å². The molecule has 0 amide bonds. The van der Waals surface area contributed by atoms with E-state index in [1.807, 2.05) is 0 Å². The van der Waals surface area contributed by atoms with E-state index in [0.717, 1.165) is 0 Å². The molecule has 2 aromatic heterocycles. The summed E-state index contributed by atoms with van der Waals surface area (Å²) in [6.07, 6.45) is -2.42. The Balaban J connectivity index is 1.51. The van der Waals surface area contributed by atoms with Gasteiger partial charge in [0.2, 0.25) is 11.5 Å². The number of benzene rings is 1. The molecule has 2 aliphatic carbocycles. The first kappa shape index (κ1) is 31.6. The minimum Gasteiger partial charge on any atom is -0.458 e. The number of ether oxygens (including phenoxy) is 5. The Morgan fingerprint density at radius 2 is 1.37 bits per heavy atom. The van der Waals surface area contributed by atoms with Crippen molar-refractivity contribution in [3.05, 3.63) is 84.2 Å². The SMILES string of the molecule is CC(=O)O[C@H]1[C@@H](OC(=O)c2ccccc2)C[C@](C)(O)C23OC(C)(C)C(C[C@H](OC(=O)c4ccco4)[C@]12C)[C@H]3OC(=O)c1ccco1. The number of hydrogen-bond acceptors (Lipinski definition) is 12. The Morgan fingerprint density at radius 3 is 1.93 bits per heavy atom. The van der Waals surface area contributed by atoms with Crippen LogP contribution >= 0.6 is 0 Å². The molecule has 1 saturated heterocycles. The molecule has 2 bridgehead atoms. The van der Waals surface area contributed by atoms with Crippen molar-refractivity contribution in [2.45, 2.75) is 88.7 Å². The van der Waals surface area contributed by atoms with Crippen LogP contribution in [0.2, 0.25) is 0 Å². The highest BCUT2D eigenvalue weighted by Gasteiger charge is 2.84. The summed E-state index contributed by atoms with van der Waals surface area (Å²) in [4.78, 5) is 53.0. The van der Waals surface area contributed by atoms with Crippen LogP contribution in [0, 0.1) is 11.3 Å². The van der Waals surface area contributed by atoms with Crippen LogP contribution in [0.25, 0.3) is 0 Å². The smallest absolute Gasteiger partial charge is 0.374 e. The number of esters is 4. The summed E-state index contributed by atoms with van der Waals surface area (Å²) in [5.74, 6) is -3.81. The Morgan fingerprint density at radius 1 is 0.761 bits per heavy atom. The zero-order valence-corrected chi connectivity index (χ0v) is 26.1. The number of furan rings is 2. The molecular formula is C34H36O12. The topological polar surface area (TPSA) is 161 Å². The Hall–Kier alpha value is -4.42. The van der Waals surface area contributed by atoms with E-state index >= 15 is 0 Å². The third-order valence-corrected chi connectivity index (χ3v) is 9.84. The van der Waals surface area contributed by atoms with Crippen LogP contribution in [-0.4, -0.2) is 70.2 Å². The number of aliphatic hydroxyl groups is 1. The van der Waals surface area contributed by atoms with Gasteiger partial charge in [0.15, 0.2) is 6.10 Å². The zero-order valence-electron chi connectivity index (χ0n) is 26.1. The van der Waals surface area contributed by atoms with Gasteiger partial charge in [-0.2, -0.15) is 0 Å². The first-order chi connectivity index (χ1) is 21.7. The normalized spacial score (nSPS) is 34.2. The van der Waals surface area contributed by atoms with Crippen molar-refractivity contribution in [1.82, 2.24) is 0 Å². The highest BCUT2D eigenvalue weighted by molar-refractivity contribution is 5.89. The lowest BCUT2D eigenvalue weighted by atomic mass is 9.47. The van der Waals surface area contributed by atoms with Crippen molar-refractivity contribution in [2.75, 3.05) is 0 Å². The van der Waals surface area contributed by atoms with Crippen LogP contribution in [0.15, 0.2) is 76.0 Å². The van der Waals surface area contributed by atoms with Crippen LogP contribution < -0.4 is 0 Å². The summed E-state index contributed by atoms with van der Waals surface area (Å²) in [5, 5.41) is 12.6. The third kappa shape index (κ3) is 4.82. The van der Waals surface area contributed by atoms with E-state index in [2.05, 4.69) is 0 Å². The van der Waals surface area contributed by atoms with Gasteiger partial charge in [0.1, 0.15) is 23.9 Å².